The minimum Gasteiger partial charge on any atom is -0.496 e. The van der Waals surface area contributed by atoms with Gasteiger partial charge in [0.05, 0.1) is 16.2 Å². The molecule has 6 heteroatoms. The molecule has 0 saturated carbocycles. The number of anilines is 1. The van der Waals surface area contributed by atoms with Crippen LogP contribution in [0.2, 0.25) is 0 Å². The number of ether oxygens (including phenoxy) is 1. The lowest BCUT2D eigenvalue weighted by molar-refractivity contribution is 0.416. The van der Waals surface area contributed by atoms with Gasteiger partial charge in [0.1, 0.15) is 11.6 Å². The van der Waals surface area contributed by atoms with E-state index in [0.717, 1.165) is 13.6 Å². The molecular weight excluding hydrogens is 397 g/mol. The zero-order valence-electron chi connectivity index (χ0n) is 8.95. The summed E-state index contributed by atoms with van der Waals surface area (Å²) in [7, 11) is 1.61. The molecule has 0 bridgehead atoms. The van der Waals surface area contributed by atoms with Gasteiger partial charge in [0, 0.05) is 10.7 Å². The summed E-state index contributed by atoms with van der Waals surface area (Å²) in [5, 5.41) is 0. The summed E-state index contributed by atoms with van der Waals surface area (Å²) < 4.78 is 7.05. The molecule has 4 nitrogen and oxygen atoms in total. The Labute approximate surface area is 121 Å². The maximum atomic E-state index is 5.78. The van der Waals surface area contributed by atoms with Crippen LogP contribution in [-0.4, -0.2) is 17.1 Å². The van der Waals surface area contributed by atoms with Crippen molar-refractivity contribution in [3.63, 3.8) is 0 Å². The predicted molar refractivity (Wildman–Crippen MR) is 78.8 cm³/mol. The van der Waals surface area contributed by atoms with Crippen molar-refractivity contribution in [3.05, 3.63) is 32.4 Å². The summed E-state index contributed by atoms with van der Waals surface area (Å²) in [6, 6.07) is 5.66. The molecule has 2 N–H and O–H groups in total. The van der Waals surface area contributed by atoms with Gasteiger partial charge in [-0.05, 0) is 40.8 Å². The molecule has 0 aliphatic rings. The Morgan fingerprint density at radius 1 is 1.41 bits per heavy atom. The van der Waals surface area contributed by atoms with Crippen molar-refractivity contribution >= 4 is 44.3 Å². The number of hydrogen-bond donors (Lipinski definition) is 1. The zero-order valence-corrected chi connectivity index (χ0v) is 12.7. The van der Waals surface area contributed by atoms with Crippen LogP contribution >= 0.6 is 38.5 Å². The summed E-state index contributed by atoms with van der Waals surface area (Å²) in [5.74, 6) is 1.74. The topological polar surface area (TPSA) is 61.0 Å². The number of nitrogen functional groups attached to an aromatic ring is 1. The van der Waals surface area contributed by atoms with E-state index in [1.807, 2.05) is 18.2 Å². The lowest BCUT2D eigenvalue weighted by atomic mass is 10.2. The molecule has 1 aromatic heterocycles. The minimum absolute atomic E-state index is 0.470. The highest BCUT2D eigenvalue weighted by Crippen LogP contribution is 2.31. The highest BCUT2D eigenvalue weighted by Gasteiger charge is 2.10. The van der Waals surface area contributed by atoms with Crippen LogP contribution in [-0.2, 0) is 0 Å². The van der Waals surface area contributed by atoms with Gasteiger partial charge in [0.25, 0.3) is 0 Å². The molecule has 0 radical (unpaired) electrons. The normalized spacial score (nSPS) is 10.3. The molecule has 0 spiro atoms. The Hall–Kier alpha value is -0.890. The first-order valence-electron chi connectivity index (χ1n) is 4.73. The fraction of sp³-hybridized carbons (Fsp3) is 0.0909. The van der Waals surface area contributed by atoms with E-state index in [1.165, 1.54) is 0 Å². The first kappa shape index (κ1) is 12.6. The van der Waals surface area contributed by atoms with Crippen LogP contribution in [0.25, 0.3) is 11.4 Å². The molecule has 0 fully saturated rings. The molecule has 0 amide bonds. The van der Waals surface area contributed by atoms with Gasteiger partial charge in [-0.1, -0.05) is 15.9 Å². The van der Waals surface area contributed by atoms with Crippen LogP contribution in [0, 0.1) is 3.57 Å². The Morgan fingerprint density at radius 2 is 2.18 bits per heavy atom. The quantitative estimate of drug-likeness (QED) is 0.780. The van der Waals surface area contributed by atoms with E-state index in [1.54, 1.807) is 13.3 Å². The largest absolute Gasteiger partial charge is 0.496 e. The van der Waals surface area contributed by atoms with Gasteiger partial charge in [-0.25, -0.2) is 9.97 Å². The second kappa shape index (κ2) is 5.18. The SMILES string of the molecule is COc1ccc(Br)cc1-c1ncc(I)c(N)n1. The number of rotatable bonds is 2. The van der Waals surface area contributed by atoms with Gasteiger partial charge in [-0.3, -0.25) is 0 Å². The van der Waals surface area contributed by atoms with Crippen molar-refractivity contribution < 1.29 is 4.74 Å². The fourth-order valence-electron chi connectivity index (χ4n) is 1.37. The molecule has 0 aliphatic carbocycles. The summed E-state index contributed by atoms with van der Waals surface area (Å²) >= 11 is 5.51. The van der Waals surface area contributed by atoms with Crippen LogP contribution < -0.4 is 10.5 Å². The molecule has 0 atom stereocenters. The zero-order chi connectivity index (χ0) is 12.4. The minimum atomic E-state index is 0.470. The summed E-state index contributed by atoms with van der Waals surface area (Å²) in [5.41, 5.74) is 6.59. The molecule has 2 rings (SSSR count). The van der Waals surface area contributed by atoms with Crippen LogP contribution in [0.5, 0.6) is 5.75 Å². The van der Waals surface area contributed by atoms with Gasteiger partial charge in [0.15, 0.2) is 5.82 Å². The van der Waals surface area contributed by atoms with Crippen molar-refractivity contribution in [2.45, 2.75) is 0 Å². The first-order chi connectivity index (χ1) is 8.11. The molecule has 88 valence electrons. The van der Waals surface area contributed by atoms with Gasteiger partial charge >= 0.3 is 0 Å². The molecule has 0 saturated heterocycles. The molecule has 1 heterocycles. The average Bonchev–Trinajstić information content (AvgIpc) is 2.32. The molecule has 0 aliphatic heterocycles. The van der Waals surface area contributed by atoms with Crippen LogP contribution in [0.4, 0.5) is 5.82 Å². The fourth-order valence-corrected chi connectivity index (χ4v) is 1.99. The smallest absolute Gasteiger partial charge is 0.165 e. The number of methoxy groups -OCH3 is 1. The van der Waals surface area contributed by atoms with E-state index in [0.29, 0.717) is 17.4 Å². The van der Waals surface area contributed by atoms with E-state index in [9.17, 15) is 0 Å². The van der Waals surface area contributed by atoms with Crippen LogP contribution in [0.3, 0.4) is 0 Å². The predicted octanol–water partition coefficient (Wildman–Crippen LogP) is 3.10. The van der Waals surface area contributed by atoms with Crippen LogP contribution in [0.1, 0.15) is 0 Å². The number of benzene rings is 1. The number of aromatic nitrogens is 2. The Balaban J connectivity index is 2.58. The molecule has 1 aromatic carbocycles. The monoisotopic (exact) mass is 405 g/mol. The van der Waals surface area contributed by atoms with Crippen molar-refractivity contribution in [1.29, 1.82) is 0 Å². The maximum Gasteiger partial charge on any atom is 0.165 e. The van der Waals surface area contributed by atoms with E-state index in [-0.39, 0.29) is 0 Å². The second-order valence-corrected chi connectivity index (χ2v) is 5.35. The molecule has 17 heavy (non-hydrogen) atoms. The lowest BCUT2D eigenvalue weighted by Gasteiger charge is -2.08. The Kier molecular flexibility index (Phi) is 3.82. The average molecular weight is 406 g/mol. The van der Waals surface area contributed by atoms with E-state index in [2.05, 4.69) is 48.5 Å². The Bertz CT molecular complexity index is 562. The number of hydrogen-bond acceptors (Lipinski definition) is 4. The first-order valence-corrected chi connectivity index (χ1v) is 6.61. The molecule has 0 unspecified atom stereocenters. The van der Waals surface area contributed by atoms with Gasteiger partial charge in [0.2, 0.25) is 0 Å². The third-order valence-corrected chi connectivity index (χ3v) is 3.50. The Morgan fingerprint density at radius 3 is 2.82 bits per heavy atom. The van der Waals surface area contributed by atoms with Crippen LogP contribution in [0.15, 0.2) is 28.9 Å². The second-order valence-electron chi connectivity index (χ2n) is 3.27. The van der Waals surface area contributed by atoms with Gasteiger partial charge in [-0.2, -0.15) is 0 Å². The van der Waals surface area contributed by atoms with E-state index >= 15 is 0 Å². The third kappa shape index (κ3) is 2.68. The van der Waals surface area contributed by atoms with Crippen molar-refractivity contribution in [2.24, 2.45) is 0 Å². The summed E-state index contributed by atoms with van der Waals surface area (Å²) in [6.07, 6.45) is 1.69. The summed E-state index contributed by atoms with van der Waals surface area (Å²) in [6.45, 7) is 0. The standard InChI is InChI=1S/C11H9BrIN3O/c1-17-9-3-2-6(12)4-7(9)11-15-5-8(13)10(14)16-11/h2-5H,1H3,(H2,14,15,16). The van der Waals surface area contributed by atoms with E-state index < -0.39 is 0 Å². The number of nitrogens with two attached hydrogens (primary N) is 1. The van der Waals surface area contributed by atoms with Gasteiger partial charge in [-0.15, -0.1) is 0 Å². The lowest BCUT2D eigenvalue weighted by Crippen LogP contribution is -1.99. The highest BCUT2D eigenvalue weighted by atomic mass is 127. The third-order valence-electron chi connectivity index (χ3n) is 2.17. The van der Waals surface area contributed by atoms with Crippen molar-refractivity contribution in [3.8, 4) is 17.1 Å². The van der Waals surface area contributed by atoms with Crippen molar-refractivity contribution in [2.75, 3.05) is 12.8 Å². The number of nitrogens with zero attached hydrogens (tertiary/aromatic N) is 2. The van der Waals surface area contributed by atoms with Crippen molar-refractivity contribution in [1.82, 2.24) is 9.97 Å². The van der Waals surface area contributed by atoms with Gasteiger partial charge < -0.3 is 10.5 Å². The molecule has 2 aromatic rings. The molecular formula is C11H9BrIN3O. The summed E-state index contributed by atoms with van der Waals surface area (Å²) in [4.78, 5) is 8.51. The maximum absolute atomic E-state index is 5.78. The van der Waals surface area contributed by atoms with E-state index in [4.69, 9.17) is 10.5 Å². The number of halogens is 2. The highest BCUT2D eigenvalue weighted by molar-refractivity contribution is 14.1.